The van der Waals surface area contributed by atoms with Gasteiger partial charge in [0.05, 0.1) is 0 Å². The molecular weight excluding hydrogens is 233 g/mol. The van der Waals surface area contributed by atoms with E-state index in [1.165, 1.54) is 12.1 Å². The molecule has 18 heavy (non-hydrogen) atoms. The summed E-state index contributed by atoms with van der Waals surface area (Å²) in [6, 6.07) is 4.52. The Hall–Kier alpha value is -2.21. The predicted octanol–water partition coefficient (Wildman–Crippen LogP) is 2.26. The van der Waals surface area contributed by atoms with Gasteiger partial charge in [0.1, 0.15) is 11.6 Å². The quantitative estimate of drug-likeness (QED) is 0.573. The van der Waals surface area contributed by atoms with Crippen LogP contribution in [0.2, 0.25) is 0 Å². The van der Waals surface area contributed by atoms with Crippen LogP contribution in [0.4, 0.5) is 21.8 Å². The van der Waals surface area contributed by atoms with Crippen LogP contribution < -0.4 is 16.6 Å². The van der Waals surface area contributed by atoms with Gasteiger partial charge in [0.2, 0.25) is 5.95 Å². The van der Waals surface area contributed by atoms with Crippen LogP contribution in [0.5, 0.6) is 0 Å². The van der Waals surface area contributed by atoms with Gasteiger partial charge < -0.3 is 5.32 Å². The van der Waals surface area contributed by atoms with Crippen LogP contribution in [0.15, 0.2) is 24.4 Å². The van der Waals surface area contributed by atoms with Crippen molar-refractivity contribution in [2.45, 2.75) is 13.8 Å². The molecule has 0 radical (unpaired) electrons. The molecule has 0 unspecified atom stereocenters. The third kappa shape index (κ3) is 2.54. The van der Waals surface area contributed by atoms with E-state index in [0.717, 1.165) is 16.8 Å². The van der Waals surface area contributed by atoms with Crippen molar-refractivity contribution < 1.29 is 4.39 Å². The van der Waals surface area contributed by atoms with Crippen LogP contribution in [0.3, 0.4) is 0 Å². The van der Waals surface area contributed by atoms with Gasteiger partial charge in [0.15, 0.2) is 0 Å². The van der Waals surface area contributed by atoms with Gasteiger partial charge in [-0.05, 0) is 37.6 Å². The standard InChI is InChI=1S/C12H14FN5/c1-7-5-9(13)3-4-10(7)16-11-8(2)6-15-12(17-11)18-14/h3-6H,14H2,1-2H3,(H2,15,16,17,18). The fourth-order valence-corrected chi connectivity index (χ4v) is 1.53. The van der Waals surface area contributed by atoms with Crippen LogP contribution in [-0.2, 0) is 0 Å². The Morgan fingerprint density at radius 3 is 2.67 bits per heavy atom. The zero-order chi connectivity index (χ0) is 13.1. The maximum atomic E-state index is 13.0. The molecule has 0 aliphatic rings. The number of rotatable bonds is 3. The second-order valence-electron chi connectivity index (χ2n) is 3.95. The number of nitrogens with zero attached hydrogens (tertiary/aromatic N) is 2. The van der Waals surface area contributed by atoms with Crippen LogP contribution >= 0.6 is 0 Å². The average Bonchev–Trinajstić information content (AvgIpc) is 2.35. The molecule has 6 heteroatoms. The number of nitrogens with one attached hydrogen (secondary N) is 2. The van der Waals surface area contributed by atoms with E-state index in [9.17, 15) is 4.39 Å². The Morgan fingerprint density at radius 1 is 1.22 bits per heavy atom. The van der Waals surface area contributed by atoms with Gasteiger partial charge >= 0.3 is 0 Å². The Labute approximate surface area is 104 Å². The van der Waals surface area contributed by atoms with Crippen LogP contribution in [0, 0.1) is 19.7 Å². The lowest BCUT2D eigenvalue weighted by atomic mass is 10.2. The number of hydrazine groups is 1. The van der Waals surface area contributed by atoms with Gasteiger partial charge in [-0.15, -0.1) is 0 Å². The van der Waals surface area contributed by atoms with Gasteiger partial charge in [0, 0.05) is 17.4 Å². The lowest BCUT2D eigenvalue weighted by Crippen LogP contribution is -2.11. The normalized spacial score (nSPS) is 10.2. The number of benzene rings is 1. The third-order valence-electron chi connectivity index (χ3n) is 2.54. The number of hydrogen-bond acceptors (Lipinski definition) is 5. The van der Waals surface area contributed by atoms with E-state index in [4.69, 9.17) is 5.84 Å². The summed E-state index contributed by atoms with van der Waals surface area (Å²) in [6.45, 7) is 3.70. The topological polar surface area (TPSA) is 75.9 Å². The number of anilines is 3. The smallest absolute Gasteiger partial charge is 0.239 e. The molecule has 2 aromatic rings. The Bertz CT molecular complexity index is 570. The minimum atomic E-state index is -0.262. The molecule has 94 valence electrons. The summed E-state index contributed by atoms with van der Waals surface area (Å²) >= 11 is 0. The van der Waals surface area contributed by atoms with Crippen molar-refractivity contribution in [1.29, 1.82) is 0 Å². The van der Waals surface area contributed by atoms with E-state index in [1.807, 2.05) is 13.8 Å². The number of halogens is 1. The van der Waals surface area contributed by atoms with Gasteiger partial charge in [-0.25, -0.2) is 15.2 Å². The second kappa shape index (κ2) is 4.97. The maximum Gasteiger partial charge on any atom is 0.239 e. The molecule has 0 amide bonds. The van der Waals surface area contributed by atoms with Crippen LogP contribution in [0.1, 0.15) is 11.1 Å². The number of nitrogens with two attached hydrogens (primary N) is 1. The van der Waals surface area contributed by atoms with Gasteiger partial charge in [0.25, 0.3) is 0 Å². The maximum absolute atomic E-state index is 13.0. The largest absolute Gasteiger partial charge is 0.340 e. The summed E-state index contributed by atoms with van der Waals surface area (Å²) in [5, 5.41) is 3.13. The molecule has 1 heterocycles. The molecule has 0 saturated heterocycles. The van der Waals surface area contributed by atoms with Crippen LogP contribution in [-0.4, -0.2) is 9.97 Å². The molecule has 0 atom stereocenters. The first-order valence-electron chi connectivity index (χ1n) is 5.43. The molecule has 0 bridgehead atoms. The number of aryl methyl sites for hydroxylation is 2. The zero-order valence-electron chi connectivity index (χ0n) is 10.2. The minimum absolute atomic E-state index is 0.262. The summed E-state index contributed by atoms with van der Waals surface area (Å²) in [5.74, 6) is 5.95. The van der Waals surface area contributed by atoms with Crippen molar-refractivity contribution in [2.24, 2.45) is 5.84 Å². The Balaban J connectivity index is 2.33. The molecule has 1 aromatic heterocycles. The first-order chi connectivity index (χ1) is 8.60. The highest BCUT2D eigenvalue weighted by atomic mass is 19.1. The number of hydrogen-bond donors (Lipinski definition) is 3. The second-order valence-corrected chi connectivity index (χ2v) is 3.95. The van der Waals surface area contributed by atoms with Crippen molar-refractivity contribution >= 4 is 17.5 Å². The molecule has 5 nitrogen and oxygen atoms in total. The minimum Gasteiger partial charge on any atom is -0.340 e. The third-order valence-corrected chi connectivity index (χ3v) is 2.54. The summed E-state index contributed by atoms with van der Waals surface area (Å²) in [6.07, 6.45) is 1.66. The number of nitrogen functional groups attached to an aromatic ring is 1. The molecule has 0 spiro atoms. The average molecular weight is 247 g/mol. The first-order valence-corrected chi connectivity index (χ1v) is 5.43. The highest BCUT2D eigenvalue weighted by molar-refractivity contribution is 5.63. The van der Waals surface area contributed by atoms with E-state index in [-0.39, 0.29) is 5.82 Å². The summed E-state index contributed by atoms with van der Waals surface area (Å²) in [7, 11) is 0. The first kappa shape index (κ1) is 12.3. The summed E-state index contributed by atoms with van der Waals surface area (Å²) < 4.78 is 13.0. The lowest BCUT2D eigenvalue weighted by Gasteiger charge is -2.11. The van der Waals surface area contributed by atoms with E-state index in [2.05, 4.69) is 20.7 Å². The van der Waals surface area contributed by atoms with Gasteiger partial charge in [-0.1, -0.05) is 0 Å². The van der Waals surface area contributed by atoms with Gasteiger partial charge in [-0.3, -0.25) is 5.43 Å². The summed E-state index contributed by atoms with van der Waals surface area (Å²) in [4.78, 5) is 8.19. The molecule has 4 N–H and O–H groups in total. The Kier molecular flexibility index (Phi) is 3.38. The molecule has 0 saturated carbocycles. The molecule has 0 fully saturated rings. The molecule has 0 aliphatic heterocycles. The van der Waals surface area contributed by atoms with Crippen molar-refractivity contribution in [3.63, 3.8) is 0 Å². The van der Waals surface area contributed by atoms with E-state index >= 15 is 0 Å². The zero-order valence-corrected chi connectivity index (χ0v) is 10.2. The van der Waals surface area contributed by atoms with Crippen molar-refractivity contribution in [3.8, 4) is 0 Å². The summed E-state index contributed by atoms with van der Waals surface area (Å²) in [5.41, 5.74) is 4.85. The van der Waals surface area contributed by atoms with Gasteiger partial charge in [-0.2, -0.15) is 4.98 Å². The number of aromatic nitrogens is 2. The van der Waals surface area contributed by atoms with Crippen molar-refractivity contribution in [3.05, 3.63) is 41.3 Å². The fraction of sp³-hybridized carbons (Fsp3) is 0.167. The van der Waals surface area contributed by atoms with Crippen molar-refractivity contribution in [1.82, 2.24) is 9.97 Å². The molecule has 0 aliphatic carbocycles. The SMILES string of the molecule is Cc1cc(F)ccc1Nc1nc(NN)ncc1C. The van der Waals surface area contributed by atoms with Crippen LogP contribution in [0.25, 0.3) is 0 Å². The predicted molar refractivity (Wildman–Crippen MR) is 69.0 cm³/mol. The van der Waals surface area contributed by atoms with E-state index in [1.54, 1.807) is 12.3 Å². The Morgan fingerprint density at radius 2 is 2.00 bits per heavy atom. The fourth-order valence-electron chi connectivity index (χ4n) is 1.53. The van der Waals surface area contributed by atoms with E-state index < -0.39 is 0 Å². The van der Waals surface area contributed by atoms with E-state index in [0.29, 0.717) is 11.8 Å². The highest BCUT2D eigenvalue weighted by Crippen LogP contribution is 2.22. The lowest BCUT2D eigenvalue weighted by molar-refractivity contribution is 0.627. The molecular formula is C12H14FN5. The molecule has 1 aromatic carbocycles. The highest BCUT2D eigenvalue weighted by Gasteiger charge is 2.06. The van der Waals surface area contributed by atoms with Crippen molar-refractivity contribution in [2.75, 3.05) is 10.7 Å². The molecule has 2 rings (SSSR count). The monoisotopic (exact) mass is 247 g/mol.